The highest BCUT2D eigenvalue weighted by Gasteiger charge is 2.33. The Morgan fingerprint density at radius 3 is 2.57 bits per heavy atom. The summed E-state index contributed by atoms with van der Waals surface area (Å²) in [7, 11) is 0. The molecule has 0 aliphatic heterocycles. The van der Waals surface area contributed by atoms with E-state index in [0.29, 0.717) is 0 Å². The highest BCUT2D eigenvalue weighted by Crippen LogP contribution is 2.37. The summed E-state index contributed by atoms with van der Waals surface area (Å²) in [5, 5.41) is 10.7. The molecule has 0 saturated carbocycles. The summed E-state index contributed by atoms with van der Waals surface area (Å²) in [6.07, 6.45) is 3.71. The minimum absolute atomic E-state index is 0.132. The molecule has 3 rings (SSSR count). The third kappa shape index (κ3) is 2.67. The number of nitro groups is 1. The van der Waals surface area contributed by atoms with Gasteiger partial charge in [0.1, 0.15) is 0 Å². The van der Waals surface area contributed by atoms with Crippen molar-refractivity contribution < 1.29 is 4.92 Å². The summed E-state index contributed by atoms with van der Waals surface area (Å²) >= 11 is 0. The van der Waals surface area contributed by atoms with E-state index in [1.165, 1.54) is 11.1 Å². The number of nitrogens with two attached hydrogens (primary N) is 1. The molecule has 1 atom stereocenters. The Balaban J connectivity index is 1.72. The van der Waals surface area contributed by atoms with E-state index in [4.69, 9.17) is 5.73 Å². The maximum Gasteiger partial charge on any atom is 0.269 e. The lowest BCUT2D eigenvalue weighted by Gasteiger charge is -2.25. The van der Waals surface area contributed by atoms with Gasteiger partial charge in [0.2, 0.25) is 0 Å². The molecule has 0 bridgehead atoms. The molecule has 1 unspecified atom stereocenters. The molecule has 2 aromatic rings. The molecule has 0 radical (unpaired) electrons. The molecule has 0 amide bonds. The second kappa shape index (κ2) is 5.30. The van der Waals surface area contributed by atoms with E-state index in [1.54, 1.807) is 12.1 Å². The van der Waals surface area contributed by atoms with Crippen molar-refractivity contribution in [1.29, 1.82) is 0 Å². The van der Waals surface area contributed by atoms with Crippen LogP contribution in [0.3, 0.4) is 0 Å². The number of hydrogen-bond acceptors (Lipinski definition) is 3. The molecule has 108 valence electrons. The smallest absolute Gasteiger partial charge is 0.269 e. The molecule has 1 aliphatic carbocycles. The molecule has 0 heterocycles. The number of benzene rings is 2. The van der Waals surface area contributed by atoms with Crippen molar-refractivity contribution in [3.63, 3.8) is 0 Å². The van der Waals surface area contributed by atoms with Crippen molar-refractivity contribution in [2.45, 2.75) is 31.2 Å². The molecule has 2 aromatic carbocycles. The summed E-state index contributed by atoms with van der Waals surface area (Å²) in [6, 6.07) is 15.1. The fraction of sp³-hybridized carbons (Fsp3) is 0.294. The van der Waals surface area contributed by atoms with Crippen molar-refractivity contribution in [1.82, 2.24) is 0 Å². The van der Waals surface area contributed by atoms with Crippen LogP contribution in [0.1, 0.15) is 29.5 Å². The van der Waals surface area contributed by atoms with Crippen LogP contribution in [-0.4, -0.2) is 4.92 Å². The molecule has 0 fully saturated rings. The first-order valence-electron chi connectivity index (χ1n) is 7.19. The Labute approximate surface area is 123 Å². The fourth-order valence-electron chi connectivity index (χ4n) is 3.13. The predicted octanol–water partition coefficient (Wildman–Crippen LogP) is 3.33. The quantitative estimate of drug-likeness (QED) is 0.690. The van der Waals surface area contributed by atoms with Gasteiger partial charge in [0.15, 0.2) is 0 Å². The van der Waals surface area contributed by atoms with Gasteiger partial charge in [0.05, 0.1) is 4.92 Å². The van der Waals surface area contributed by atoms with Gasteiger partial charge in [-0.05, 0) is 42.4 Å². The van der Waals surface area contributed by atoms with E-state index in [-0.39, 0.29) is 16.1 Å². The van der Waals surface area contributed by atoms with Crippen molar-refractivity contribution in [2.75, 3.05) is 0 Å². The summed E-state index contributed by atoms with van der Waals surface area (Å²) < 4.78 is 0. The van der Waals surface area contributed by atoms with Crippen molar-refractivity contribution in [2.24, 2.45) is 5.73 Å². The van der Waals surface area contributed by atoms with Gasteiger partial charge in [-0.3, -0.25) is 10.1 Å². The largest absolute Gasteiger partial charge is 0.321 e. The Bertz CT molecular complexity index is 667. The van der Waals surface area contributed by atoms with Gasteiger partial charge >= 0.3 is 0 Å². The third-order valence-corrected chi connectivity index (χ3v) is 4.40. The van der Waals surface area contributed by atoms with Crippen LogP contribution in [0, 0.1) is 10.1 Å². The fourth-order valence-corrected chi connectivity index (χ4v) is 3.13. The molecular formula is C17H18N2O2. The van der Waals surface area contributed by atoms with Gasteiger partial charge < -0.3 is 5.73 Å². The number of hydrogen-bond donors (Lipinski definition) is 1. The first kappa shape index (κ1) is 13.8. The van der Waals surface area contributed by atoms with Gasteiger partial charge in [-0.15, -0.1) is 0 Å². The third-order valence-electron chi connectivity index (χ3n) is 4.40. The van der Waals surface area contributed by atoms with Crippen molar-refractivity contribution >= 4 is 5.69 Å². The number of non-ortho nitro benzene ring substituents is 1. The predicted molar refractivity (Wildman–Crippen MR) is 82.0 cm³/mol. The van der Waals surface area contributed by atoms with E-state index in [9.17, 15) is 10.1 Å². The molecular weight excluding hydrogens is 264 g/mol. The molecule has 4 heteroatoms. The zero-order valence-electron chi connectivity index (χ0n) is 11.8. The van der Waals surface area contributed by atoms with Gasteiger partial charge in [0, 0.05) is 17.7 Å². The molecule has 1 aliphatic rings. The van der Waals surface area contributed by atoms with E-state index in [0.717, 1.165) is 31.2 Å². The lowest BCUT2D eigenvalue weighted by Crippen LogP contribution is -2.34. The van der Waals surface area contributed by atoms with Crippen molar-refractivity contribution in [3.05, 3.63) is 75.3 Å². The second-order valence-corrected chi connectivity index (χ2v) is 5.74. The Kier molecular flexibility index (Phi) is 3.47. The zero-order chi connectivity index (χ0) is 14.9. The zero-order valence-corrected chi connectivity index (χ0v) is 11.8. The SMILES string of the molecule is NC1(CCc2ccc([N+](=O)[O-])cc2)CCc2ccccc21. The van der Waals surface area contributed by atoms with Crippen LogP contribution >= 0.6 is 0 Å². The number of nitro benzene ring substituents is 1. The van der Waals surface area contributed by atoms with Gasteiger partial charge in [-0.1, -0.05) is 36.4 Å². The molecule has 2 N–H and O–H groups in total. The number of rotatable bonds is 4. The monoisotopic (exact) mass is 282 g/mol. The molecule has 0 spiro atoms. The summed E-state index contributed by atoms with van der Waals surface area (Å²) in [5.41, 5.74) is 10.2. The number of nitrogens with zero attached hydrogens (tertiary/aromatic N) is 1. The van der Waals surface area contributed by atoms with Crippen LogP contribution in [-0.2, 0) is 18.4 Å². The molecule has 21 heavy (non-hydrogen) atoms. The van der Waals surface area contributed by atoms with Crippen LogP contribution in [0.4, 0.5) is 5.69 Å². The van der Waals surface area contributed by atoms with E-state index in [2.05, 4.69) is 18.2 Å². The lowest BCUT2D eigenvalue weighted by atomic mass is 9.86. The standard InChI is InChI=1S/C17H18N2O2/c18-17(12-10-14-3-1-2-4-16(14)17)11-9-13-5-7-15(8-6-13)19(20)21/h1-8H,9-12,18H2. The number of aryl methyl sites for hydroxylation is 2. The topological polar surface area (TPSA) is 69.2 Å². The first-order chi connectivity index (χ1) is 10.1. The minimum atomic E-state index is -0.374. The Morgan fingerprint density at radius 2 is 1.86 bits per heavy atom. The van der Waals surface area contributed by atoms with Crippen LogP contribution in [0.15, 0.2) is 48.5 Å². The Hall–Kier alpha value is -2.20. The van der Waals surface area contributed by atoms with Crippen molar-refractivity contribution in [3.8, 4) is 0 Å². The van der Waals surface area contributed by atoms with Gasteiger partial charge in [0.25, 0.3) is 5.69 Å². The van der Waals surface area contributed by atoms with Crippen LogP contribution in [0.25, 0.3) is 0 Å². The van der Waals surface area contributed by atoms with Crippen LogP contribution in [0.2, 0.25) is 0 Å². The maximum absolute atomic E-state index is 10.7. The first-order valence-corrected chi connectivity index (χ1v) is 7.19. The highest BCUT2D eigenvalue weighted by molar-refractivity contribution is 5.39. The normalized spacial score (nSPS) is 20.2. The summed E-state index contributed by atoms with van der Waals surface area (Å²) in [5.74, 6) is 0. The minimum Gasteiger partial charge on any atom is -0.321 e. The van der Waals surface area contributed by atoms with Crippen LogP contribution < -0.4 is 5.73 Å². The lowest BCUT2D eigenvalue weighted by molar-refractivity contribution is -0.384. The second-order valence-electron chi connectivity index (χ2n) is 5.74. The van der Waals surface area contributed by atoms with E-state index < -0.39 is 0 Å². The molecule has 0 saturated heterocycles. The van der Waals surface area contributed by atoms with Gasteiger partial charge in [-0.25, -0.2) is 0 Å². The summed E-state index contributed by atoms with van der Waals surface area (Å²) in [6.45, 7) is 0. The Morgan fingerprint density at radius 1 is 1.14 bits per heavy atom. The average Bonchev–Trinajstić information content (AvgIpc) is 2.84. The maximum atomic E-state index is 10.7. The van der Waals surface area contributed by atoms with Crippen LogP contribution in [0.5, 0.6) is 0 Å². The van der Waals surface area contributed by atoms with Gasteiger partial charge in [-0.2, -0.15) is 0 Å². The molecule has 4 nitrogen and oxygen atoms in total. The molecule has 0 aromatic heterocycles. The number of fused-ring (bicyclic) bond motifs is 1. The summed E-state index contributed by atoms with van der Waals surface area (Å²) in [4.78, 5) is 10.3. The van der Waals surface area contributed by atoms with E-state index in [1.807, 2.05) is 18.2 Å². The highest BCUT2D eigenvalue weighted by atomic mass is 16.6. The average molecular weight is 282 g/mol. The van der Waals surface area contributed by atoms with E-state index >= 15 is 0 Å².